The number of aromatic nitrogens is 3. The van der Waals surface area contributed by atoms with Crippen LogP contribution < -0.4 is 0 Å². The average Bonchev–Trinajstić information content (AvgIpc) is 2.96. The molecule has 0 aliphatic heterocycles. The molecule has 0 aliphatic rings. The summed E-state index contributed by atoms with van der Waals surface area (Å²) in [6, 6.07) is 6.33. The molecule has 23 heavy (non-hydrogen) atoms. The Labute approximate surface area is 134 Å². The zero-order valence-electron chi connectivity index (χ0n) is 13.5. The van der Waals surface area contributed by atoms with Gasteiger partial charge in [-0.05, 0) is 30.5 Å². The van der Waals surface area contributed by atoms with Gasteiger partial charge in [0.25, 0.3) is 0 Å². The van der Waals surface area contributed by atoms with Crippen LogP contribution in [0.3, 0.4) is 0 Å². The summed E-state index contributed by atoms with van der Waals surface area (Å²) in [5, 5.41) is 15.2. The molecule has 120 valence electrons. The van der Waals surface area contributed by atoms with Gasteiger partial charge in [-0.1, -0.05) is 26.0 Å². The van der Waals surface area contributed by atoms with Gasteiger partial charge in [0, 0.05) is 23.1 Å². The van der Waals surface area contributed by atoms with Gasteiger partial charge in [0.1, 0.15) is 5.82 Å². The molecule has 0 spiro atoms. The van der Waals surface area contributed by atoms with Crippen LogP contribution >= 0.6 is 0 Å². The van der Waals surface area contributed by atoms with Crippen LogP contribution in [0, 0.1) is 5.82 Å². The monoisotopic (exact) mass is 313 g/mol. The lowest BCUT2D eigenvalue weighted by Gasteiger charge is -2.17. The zero-order valence-corrected chi connectivity index (χ0v) is 13.5. The van der Waals surface area contributed by atoms with Gasteiger partial charge >= 0.3 is 0 Å². The molecule has 1 aromatic carbocycles. The molecule has 0 saturated heterocycles. The molecule has 0 saturated carbocycles. The van der Waals surface area contributed by atoms with E-state index in [2.05, 4.69) is 18.9 Å². The number of aliphatic hydroxyl groups excluding tert-OH is 1. The van der Waals surface area contributed by atoms with Gasteiger partial charge in [-0.2, -0.15) is 5.10 Å². The summed E-state index contributed by atoms with van der Waals surface area (Å²) in [5.41, 5.74) is 4.19. The van der Waals surface area contributed by atoms with Crippen LogP contribution in [-0.4, -0.2) is 19.9 Å². The molecule has 0 aliphatic carbocycles. The molecule has 2 aromatic heterocycles. The number of nitrogens with zero attached hydrogens (tertiary/aromatic N) is 3. The highest BCUT2D eigenvalue weighted by molar-refractivity contribution is 5.95. The van der Waals surface area contributed by atoms with Crippen LogP contribution in [0.2, 0.25) is 0 Å². The third-order valence-electron chi connectivity index (χ3n) is 4.06. The predicted octanol–water partition coefficient (Wildman–Crippen LogP) is 3.87. The minimum absolute atomic E-state index is 0.111. The summed E-state index contributed by atoms with van der Waals surface area (Å²) in [5.74, 6) is -0.112. The van der Waals surface area contributed by atoms with Crippen molar-refractivity contribution in [1.82, 2.24) is 14.8 Å². The van der Waals surface area contributed by atoms with Crippen LogP contribution in [0.25, 0.3) is 22.2 Å². The van der Waals surface area contributed by atoms with Gasteiger partial charge in [-0.15, -0.1) is 0 Å². The highest BCUT2D eigenvalue weighted by Crippen LogP contribution is 2.35. The van der Waals surface area contributed by atoms with E-state index in [0.717, 1.165) is 40.0 Å². The minimum atomic E-state index is -0.280. The molecule has 0 radical (unpaired) electrons. The summed E-state index contributed by atoms with van der Waals surface area (Å²) in [7, 11) is 0. The van der Waals surface area contributed by atoms with Gasteiger partial charge in [0.15, 0.2) is 5.65 Å². The third-order valence-corrected chi connectivity index (χ3v) is 4.06. The summed E-state index contributed by atoms with van der Waals surface area (Å²) < 4.78 is 15.1. The lowest BCUT2D eigenvalue weighted by atomic mass is 9.93. The van der Waals surface area contributed by atoms with E-state index in [9.17, 15) is 9.50 Å². The largest absolute Gasteiger partial charge is 0.392 e. The van der Waals surface area contributed by atoms with Crippen molar-refractivity contribution in [2.45, 2.75) is 39.8 Å². The molecule has 5 heteroatoms. The standard InChI is InChI=1S/C18H20FN3O/c1-4-22-18-14(9-20-22)16(12-5-7-13(19)8-6-12)15(10-23)17(21-18)11(2)3/h5-9,11,23H,4,10H2,1-3H3. The molecule has 0 bridgehead atoms. The van der Waals surface area contributed by atoms with Crippen LogP contribution in [0.1, 0.15) is 37.9 Å². The van der Waals surface area contributed by atoms with Gasteiger partial charge in [0.05, 0.1) is 18.5 Å². The fraction of sp³-hybridized carbons (Fsp3) is 0.333. The Morgan fingerprint density at radius 3 is 2.48 bits per heavy atom. The van der Waals surface area contributed by atoms with Gasteiger partial charge < -0.3 is 5.11 Å². The van der Waals surface area contributed by atoms with E-state index < -0.39 is 0 Å². The van der Waals surface area contributed by atoms with Crippen molar-refractivity contribution in [3.05, 3.63) is 47.5 Å². The highest BCUT2D eigenvalue weighted by Gasteiger charge is 2.20. The van der Waals surface area contributed by atoms with Gasteiger partial charge in [0.2, 0.25) is 0 Å². The smallest absolute Gasteiger partial charge is 0.158 e. The maximum absolute atomic E-state index is 13.3. The Morgan fingerprint density at radius 1 is 1.22 bits per heavy atom. The normalized spacial score (nSPS) is 11.6. The maximum Gasteiger partial charge on any atom is 0.158 e. The second-order valence-electron chi connectivity index (χ2n) is 5.87. The van der Waals surface area contributed by atoms with E-state index in [1.54, 1.807) is 18.3 Å². The van der Waals surface area contributed by atoms with Crippen molar-refractivity contribution in [2.75, 3.05) is 0 Å². The lowest BCUT2D eigenvalue weighted by Crippen LogP contribution is -2.06. The molecule has 0 amide bonds. The van der Waals surface area contributed by atoms with E-state index in [0.29, 0.717) is 0 Å². The van der Waals surface area contributed by atoms with E-state index in [1.165, 1.54) is 12.1 Å². The number of pyridine rings is 1. The maximum atomic E-state index is 13.3. The number of aryl methyl sites for hydroxylation is 1. The zero-order chi connectivity index (χ0) is 16.6. The van der Waals surface area contributed by atoms with Gasteiger partial charge in [-0.3, -0.25) is 0 Å². The molecule has 0 unspecified atom stereocenters. The van der Waals surface area contributed by atoms with Crippen LogP contribution in [0.4, 0.5) is 4.39 Å². The number of aliphatic hydroxyl groups is 1. The first-order valence-electron chi connectivity index (χ1n) is 7.81. The van der Waals surface area contributed by atoms with Gasteiger partial charge in [-0.25, -0.2) is 14.1 Å². The quantitative estimate of drug-likeness (QED) is 0.795. The minimum Gasteiger partial charge on any atom is -0.392 e. The highest BCUT2D eigenvalue weighted by atomic mass is 19.1. The molecule has 0 atom stereocenters. The van der Waals surface area contributed by atoms with Crippen molar-refractivity contribution in [1.29, 1.82) is 0 Å². The van der Waals surface area contributed by atoms with Crippen LogP contribution in [-0.2, 0) is 13.2 Å². The van der Waals surface area contributed by atoms with E-state index in [-0.39, 0.29) is 18.3 Å². The molecule has 0 fully saturated rings. The first-order valence-corrected chi connectivity index (χ1v) is 7.81. The third kappa shape index (κ3) is 2.61. The average molecular weight is 313 g/mol. The topological polar surface area (TPSA) is 50.9 Å². The van der Waals surface area contributed by atoms with Crippen molar-refractivity contribution < 1.29 is 9.50 Å². The molecule has 3 aromatic rings. The Balaban J connectivity index is 2.40. The predicted molar refractivity (Wildman–Crippen MR) is 88.6 cm³/mol. The van der Waals surface area contributed by atoms with Crippen molar-refractivity contribution in [3.63, 3.8) is 0 Å². The van der Waals surface area contributed by atoms with E-state index in [1.807, 2.05) is 11.6 Å². The fourth-order valence-corrected chi connectivity index (χ4v) is 2.96. The molecular formula is C18H20FN3O. The summed E-state index contributed by atoms with van der Waals surface area (Å²) in [6.45, 7) is 6.72. The van der Waals surface area contributed by atoms with Crippen molar-refractivity contribution >= 4 is 11.0 Å². The van der Waals surface area contributed by atoms with Crippen molar-refractivity contribution in [2.24, 2.45) is 0 Å². The Kier molecular flexibility index (Phi) is 4.13. The SMILES string of the molecule is CCn1ncc2c(-c3ccc(F)cc3)c(CO)c(C(C)C)nc21. The van der Waals surface area contributed by atoms with Crippen molar-refractivity contribution in [3.8, 4) is 11.1 Å². The second-order valence-corrected chi connectivity index (χ2v) is 5.87. The number of benzene rings is 1. The van der Waals surface area contributed by atoms with Crippen LogP contribution in [0.15, 0.2) is 30.5 Å². The number of rotatable bonds is 4. The number of fused-ring (bicyclic) bond motifs is 1. The number of hydrogen-bond donors (Lipinski definition) is 1. The summed E-state index contributed by atoms with van der Waals surface area (Å²) >= 11 is 0. The number of halogens is 1. The van der Waals surface area contributed by atoms with Crippen LogP contribution in [0.5, 0.6) is 0 Å². The molecule has 3 rings (SSSR count). The molecule has 4 nitrogen and oxygen atoms in total. The number of hydrogen-bond acceptors (Lipinski definition) is 3. The lowest BCUT2D eigenvalue weighted by molar-refractivity contribution is 0.280. The Bertz CT molecular complexity index is 838. The Hall–Kier alpha value is -2.27. The van der Waals surface area contributed by atoms with E-state index >= 15 is 0 Å². The first kappa shape index (κ1) is 15.6. The molecule has 1 N–H and O–H groups in total. The fourth-order valence-electron chi connectivity index (χ4n) is 2.96. The first-order chi connectivity index (χ1) is 11.1. The summed E-state index contributed by atoms with van der Waals surface area (Å²) in [4.78, 5) is 4.75. The summed E-state index contributed by atoms with van der Waals surface area (Å²) in [6.07, 6.45) is 1.77. The molecule has 2 heterocycles. The Morgan fingerprint density at radius 2 is 1.91 bits per heavy atom. The second kappa shape index (κ2) is 6.08. The molecular weight excluding hydrogens is 293 g/mol. The van der Waals surface area contributed by atoms with E-state index in [4.69, 9.17) is 4.98 Å².